The van der Waals surface area contributed by atoms with E-state index >= 15 is 0 Å². The van der Waals surface area contributed by atoms with Crippen molar-refractivity contribution in [1.82, 2.24) is 0 Å². The summed E-state index contributed by atoms with van der Waals surface area (Å²) in [5.74, 6) is 0. The lowest BCUT2D eigenvalue weighted by atomic mass is 10.0. The summed E-state index contributed by atoms with van der Waals surface area (Å²) in [5, 5.41) is 5.30. The van der Waals surface area contributed by atoms with Crippen molar-refractivity contribution in [1.29, 1.82) is 0 Å². The highest BCUT2D eigenvalue weighted by Gasteiger charge is 1.97. The zero-order valence-electron chi connectivity index (χ0n) is 11.3. The lowest BCUT2D eigenvalue weighted by Gasteiger charge is -2.02. The fourth-order valence-electron chi connectivity index (χ4n) is 2.84. The van der Waals surface area contributed by atoms with Crippen LogP contribution in [0.25, 0.3) is 21.5 Å². The molecule has 3 aromatic rings. The Kier molecular flexibility index (Phi) is 3.78. The number of hydrogen-bond donors (Lipinski definition) is 0. The molecule has 0 bridgehead atoms. The maximum Gasteiger partial charge on any atom is -0.0105 e. The summed E-state index contributed by atoms with van der Waals surface area (Å²) in [5.41, 5.74) is 0. The summed E-state index contributed by atoms with van der Waals surface area (Å²) in [6.07, 6.45) is 7.50. The van der Waals surface area contributed by atoms with E-state index in [9.17, 15) is 0 Å². The molecule has 0 heterocycles. The fraction of sp³-hybridized carbons (Fsp3) is 0.263. The maximum atomic E-state index is 2.18. The molecule has 0 heteroatoms. The minimum Gasteiger partial charge on any atom is -0.0616 e. The Bertz CT molecular complexity index is 600. The average molecular weight is 248 g/mol. The van der Waals surface area contributed by atoms with E-state index in [0.717, 1.165) is 0 Å². The first-order valence-corrected chi connectivity index (χ1v) is 7.32. The van der Waals surface area contributed by atoms with Gasteiger partial charge in [0.15, 0.2) is 0 Å². The van der Waals surface area contributed by atoms with E-state index in [1.165, 1.54) is 53.6 Å². The summed E-state index contributed by atoms with van der Waals surface area (Å²) in [4.78, 5) is 0. The molecule has 0 aliphatic heterocycles. The van der Waals surface area contributed by atoms with Crippen molar-refractivity contribution in [3.8, 4) is 0 Å². The fourth-order valence-corrected chi connectivity index (χ4v) is 2.84. The second-order valence-electron chi connectivity index (χ2n) is 5.28. The third kappa shape index (κ3) is 2.78. The van der Waals surface area contributed by atoms with Crippen molar-refractivity contribution < 1.29 is 0 Å². The third-order valence-electron chi connectivity index (χ3n) is 3.90. The van der Waals surface area contributed by atoms with E-state index in [1.807, 2.05) is 0 Å². The van der Waals surface area contributed by atoms with Gasteiger partial charge in [-0.05, 0) is 21.5 Å². The molecule has 4 rings (SSSR count). The van der Waals surface area contributed by atoms with Gasteiger partial charge in [-0.25, -0.2) is 0 Å². The molecule has 1 fully saturated rings. The number of benzene rings is 3. The van der Waals surface area contributed by atoms with Gasteiger partial charge in [-0.2, -0.15) is 0 Å². The Morgan fingerprint density at radius 1 is 0.421 bits per heavy atom. The Balaban J connectivity index is 0.000000187. The van der Waals surface area contributed by atoms with Gasteiger partial charge in [0.1, 0.15) is 0 Å². The van der Waals surface area contributed by atoms with Crippen molar-refractivity contribution >= 4 is 21.5 Å². The van der Waals surface area contributed by atoms with E-state index in [4.69, 9.17) is 0 Å². The topological polar surface area (TPSA) is 0 Å². The van der Waals surface area contributed by atoms with Gasteiger partial charge in [-0.1, -0.05) is 92.8 Å². The molecule has 0 aromatic heterocycles. The average Bonchev–Trinajstić information content (AvgIpc) is 3.07. The smallest absolute Gasteiger partial charge is 0.0105 e. The van der Waals surface area contributed by atoms with Gasteiger partial charge in [0.25, 0.3) is 0 Å². The molecule has 96 valence electrons. The molecule has 3 aromatic carbocycles. The second kappa shape index (κ2) is 5.88. The first-order valence-electron chi connectivity index (χ1n) is 7.32. The molecule has 1 saturated carbocycles. The summed E-state index contributed by atoms with van der Waals surface area (Å²) >= 11 is 0. The molecule has 0 radical (unpaired) electrons. The first kappa shape index (κ1) is 12.2. The lowest BCUT2D eigenvalue weighted by molar-refractivity contribution is 0.886. The molecule has 0 atom stereocenters. The number of hydrogen-bond acceptors (Lipinski definition) is 0. The first-order chi connectivity index (χ1) is 9.45. The summed E-state index contributed by atoms with van der Waals surface area (Å²) in [6.45, 7) is 0. The van der Waals surface area contributed by atoms with Gasteiger partial charge in [0.05, 0.1) is 0 Å². The van der Waals surface area contributed by atoms with Crippen molar-refractivity contribution in [3.05, 3.63) is 60.7 Å². The molecule has 0 amide bonds. The highest BCUT2D eigenvalue weighted by Crippen LogP contribution is 2.24. The highest BCUT2D eigenvalue weighted by molar-refractivity contribution is 6.07. The van der Waals surface area contributed by atoms with Crippen LogP contribution >= 0.6 is 0 Å². The van der Waals surface area contributed by atoms with Gasteiger partial charge in [-0.3, -0.25) is 0 Å². The van der Waals surface area contributed by atoms with Crippen LogP contribution in [0, 0.1) is 0 Å². The molecule has 0 nitrogen and oxygen atoms in total. The van der Waals surface area contributed by atoms with Crippen LogP contribution in [-0.4, -0.2) is 0 Å². The zero-order chi connectivity index (χ0) is 12.9. The molecular formula is C19H20. The van der Waals surface area contributed by atoms with Crippen LogP contribution in [0.3, 0.4) is 0 Å². The van der Waals surface area contributed by atoms with Crippen LogP contribution in [0.15, 0.2) is 60.7 Å². The van der Waals surface area contributed by atoms with Crippen LogP contribution < -0.4 is 0 Å². The van der Waals surface area contributed by atoms with Gasteiger partial charge >= 0.3 is 0 Å². The largest absolute Gasteiger partial charge is 0.0616 e. The van der Waals surface area contributed by atoms with Gasteiger partial charge in [0, 0.05) is 0 Å². The quantitative estimate of drug-likeness (QED) is 0.432. The minimum atomic E-state index is 1.31. The molecule has 1 aliphatic rings. The third-order valence-corrected chi connectivity index (χ3v) is 3.90. The Morgan fingerprint density at radius 3 is 1.21 bits per heavy atom. The highest BCUT2D eigenvalue weighted by atomic mass is 14.0. The monoisotopic (exact) mass is 248 g/mol. The lowest BCUT2D eigenvalue weighted by Crippen LogP contribution is -1.75. The van der Waals surface area contributed by atoms with Crippen molar-refractivity contribution in [2.75, 3.05) is 0 Å². The van der Waals surface area contributed by atoms with E-state index < -0.39 is 0 Å². The Hall–Kier alpha value is -1.82. The molecule has 0 unspecified atom stereocenters. The standard InChI is InChI=1S/C14H10.C5H10/c1-3-7-13-11(5-1)9-10-12-6-2-4-8-14(12)13;1-2-4-5-3-1/h1-10H;1-5H2. The van der Waals surface area contributed by atoms with E-state index in [1.54, 1.807) is 0 Å². The normalized spacial score (nSPS) is 14.3. The van der Waals surface area contributed by atoms with Gasteiger partial charge in [-0.15, -0.1) is 0 Å². The van der Waals surface area contributed by atoms with E-state index in [2.05, 4.69) is 60.7 Å². The van der Waals surface area contributed by atoms with Gasteiger partial charge < -0.3 is 0 Å². The van der Waals surface area contributed by atoms with Crippen LogP contribution in [0.2, 0.25) is 0 Å². The van der Waals surface area contributed by atoms with E-state index in [0.29, 0.717) is 0 Å². The predicted octanol–water partition coefficient (Wildman–Crippen LogP) is 5.94. The number of fused-ring (bicyclic) bond motifs is 3. The molecular weight excluding hydrogens is 228 g/mol. The minimum absolute atomic E-state index is 1.31. The van der Waals surface area contributed by atoms with Crippen LogP contribution in [0.5, 0.6) is 0 Å². The molecule has 0 saturated heterocycles. The molecule has 1 aliphatic carbocycles. The summed E-state index contributed by atoms with van der Waals surface area (Å²) < 4.78 is 0. The van der Waals surface area contributed by atoms with Crippen molar-refractivity contribution in [2.24, 2.45) is 0 Å². The van der Waals surface area contributed by atoms with Crippen LogP contribution in [0.4, 0.5) is 0 Å². The maximum absolute atomic E-state index is 2.18. The van der Waals surface area contributed by atoms with Crippen LogP contribution in [-0.2, 0) is 0 Å². The Labute approximate surface area is 115 Å². The SMILES string of the molecule is C1CCCC1.c1ccc2c(c1)ccc1ccccc12. The van der Waals surface area contributed by atoms with Crippen LogP contribution in [0.1, 0.15) is 32.1 Å². The molecule has 0 N–H and O–H groups in total. The molecule has 0 spiro atoms. The van der Waals surface area contributed by atoms with Crippen molar-refractivity contribution in [3.63, 3.8) is 0 Å². The Morgan fingerprint density at radius 2 is 0.789 bits per heavy atom. The summed E-state index contributed by atoms with van der Waals surface area (Å²) in [7, 11) is 0. The predicted molar refractivity (Wildman–Crippen MR) is 84.5 cm³/mol. The van der Waals surface area contributed by atoms with Crippen molar-refractivity contribution in [2.45, 2.75) is 32.1 Å². The number of rotatable bonds is 0. The van der Waals surface area contributed by atoms with Gasteiger partial charge in [0.2, 0.25) is 0 Å². The second-order valence-corrected chi connectivity index (χ2v) is 5.28. The zero-order valence-corrected chi connectivity index (χ0v) is 11.3. The van der Waals surface area contributed by atoms with E-state index in [-0.39, 0.29) is 0 Å². The molecule has 19 heavy (non-hydrogen) atoms. The summed E-state index contributed by atoms with van der Waals surface area (Å²) in [6, 6.07) is 21.4.